The lowest BCUT2D eigenvalue weighted by molar-refractivity contribution is -0.191. The van der Waals surface area contributed by atoms with Crippen LogP contribution in [0.2, 0.25) is 0 Å². The van der Waals surface area contributed by atoms with E-state index in [4.69, 9.17) is 0 Å². The Balaban J connectivity index is 2.12. The van der Waals surface area contributed by atoms with Crippen molar-refractivity contribution >= 4 is 16.7 Å². The number of halogens is 3. The molecule has 0 radical (unpaired) electrons. The van der Waals surface area contributed by atoms with E-state index >= 15 is 0 Å². The number of hydrazine groups is 1. The van der Waals surface area contributed by atoms with Gasteiger partial charge < -0.3 is 0 Å². The molecule has 1 N–H and O–H groups in total. The summed E-state index contributed by atoms with van der Waals surface area (Å²) < 4.78 is 41.9. The molecule has 1 fully saturated rings. The Hall–Kier alpha value is -2.08. The third-order valence-electron chi connectivity index (χ3n) is 4.95. The summed E-state index contributed by atoms with van der Waals surface area (Å²) in [7, 11) is 0. The number of alkyl halides is 3. The van der Waals surface area contributed by atoms with Crippen molar-refractivity contribution in [3.8, 4) is 0 Å². The van der Waals surface area contributed by atoms with Crippen molar-refractivity contribution in [2.45, 2.75) is 45.8 Å². The first-order chi connectivity index (χ1) is 12.0. The van der Waals surface area contributed by atoms with Gasteiger partial charge in [-0.25, -0.2) is 5.01 Å². The highest BCUT2D eigenvalue weighted by atomic mass is 19.4. The maximum atomic E-state index is 14.0. The van der Waals surface area contributed by atoms with Crippen molar-refractivity contribution in [3.05, 3.63) is 47.5 Å². The highest BCUT2D eigenvalue weighted by Gasteiger charge is 2.51. The normalized spacial score (nSPS) is 19.2. The van der Waals surface area contributed by atoms with E-state index in [0.29, 0.717) is 11.3 Å². The van der Waals surface area contributed by atoms with E-state index in [9.17, 15) is 18.0 Å². The number of amides is 1. The summed E-state index contributed by atoms with van der Waals surface area (Å²) in [6.45, 7) is 7.38. The number of hydrogen-bond acceptors (Lipinski definition) is 2. The van der Waals surface area contributed by atoms with E-state index in [2.05, 4.69) is 5.43 Å². The summed E-state index contributed by atoms with van der Waals surface area (Å²) in [5.41, 5.74) is 2.79. The molecule has 0 unspecified atom stereocenters. The predicted octanol–water partition coefficient (Wildman–Crippen LogP) is 4.94. The number of nitrogens with one attached hydrogen (secondary N) is 1. The summed E-state index contributed by atoms with van der Waals surface area (Å²) in [6, 6.07) is 8.63. The topological polar surface area (TPSA) is 32.3 Å². The lowest BCUT2D eigenvalue weighted by Crippen LogP contribution is -2.43. The zero-order valence-electron chi connectivity index (χ0n) is 15.3. The number of benzene rings is 2. The average Bonchev–Trinajstić information content (AvgIpc) is 2.78. The van der Waals surface area contributed by atoms with Crippen LogP contribution in [0, 0.1) is 5.41 Å². The molecule has 0 spiro atoms. The zero-order valence-corrected chi connectivity index (χ0v) is 15.3. The third kappa shape index (κ3) is 3.30. The van der Waals surface area contributed by atoms with Gasteiger partial charge in [0.05, 0.1) is 5.41 Å². The van der Waals surface area contributed by atoms with Gasteiger partial charge in [-0.1, -0.05) is 50.2 Å². The second kappa shape index (κ2) is 6.27. The Morgan fingerprint density at radius 3 is 2.38 bits per heavy atom. The van der Waals surface area contributed by atoms with E-state index in [1.54, 1.807) is 26.0 Å². The molecule has 140 valence electrons. The molecule has 3 rings (SSSR count). The number of nitrogens with zero attached hydrogens (tertiary/aromatic N) is 1. The molecule has 1 aliphatic rings. The molecule has 6 heteroatoms. The number of carbonyl (C=O) groups is 1. The number of fused-ring (bicyclic) bond motifs is 1. The molecule has 2 aromatic rings. The van der Waals surface area contributed by atoms with Crippen LogP contribution < -0.4 is 5.43 Å². The van der Waals surface area contributed by atoms with Crippen LogP contribution in [0.5, 0.6) is 0 Å². The Morgan fingerprint density at radius 2 is 1.85 bits per heavy atom. The zero-order chi connectivity index (χ0) is 19.3. The summed E-state index contributed by atoms with van der Waals surface area (Å²) in [4.78, 5) is 12.0. The predicted molar refractivity (Wildman–Crippen MR) is 95.5 cm³/mol. The Labute approximate surface area is 151 Å². The smallest absolute Gasteiger partial charge is 0.287 e. The van der Waals surface area contributed by atoms with Crippen LogP contribution in [0.4, 0.5) is 13.2 Å². The third-order valence-corrected chi connectivity index (χ3v) is 4.95. The molecule has 3 nitrogen and oxygen atoms in total. The van der Waals surface area contributed by atoms with Gasteiger partial charge in [0.15, 0.2) is 6.04 Å². The van der Waals surface area contributed by atoms with Gasteiger partial charge in [0, 0.05) is 6.54 Å². The second-order valence-electron chi connectivity index (χ2n) is 7.88. The van der Waals surface area contributed by atoms with Gasteiger partial charge in [-0.05, 0) is 41.7 Å². The lowest BCUT2D eigenvalue weighted by atomic mass is 9.92. The molecule has 1 amide bonds. The van der Waals surface area contributed by atoms with Gasteiger partial charge >= 0.3 is 6.18 Å². The lowest BCUT2D eigenvalue weighted by Gasteiger charge is -2.30. The maximum Gasteiger partial charge on any atom is 0.409 e. The first kappa shape index (κ1) is 18.7. The molecular formula is C20H23F3N2O. The van der Waals surface area contributed by atoms with Gasteiger partial charge in [-0.15, -0.1) is 0 Å². The number of hydrogen-bond donors (Lipinski definition) is 1. The fraction of sp³-hybridized carbons (Fsp3) is 0.450. The molecule has 1 atom stereocenters. The minimum Gasteiger partial charge on any atom is -0.287 e. The molecule has 0 saturated carbocycles. The second-order valence-corrected chi connectivity index (χ2v) is 7.88. The summed E-state index contributed by atoms with van der Waals surface area (Å²) >= 11 is 0. The van der Waals surface area contributed by atoms with Gasteiger partial charge in [-0.2, -0.15) is 13.2 Å². The Kier molecular flexibility index (Phi) is 4.51. The van der Waals surface area contributed by atoms with Gasteiger partial charge in [-0.3, -0.25) is 10.2 Å². The van der Waals surface area contributed by atoms with Crippen LogP contribution in [-0.2, 0) is 4.79 Å². The SMILES string of the molecule is CC(C)c1ccc2c([C@H](N3CC(C)(C)C(=O)N3)C(F)(F)F)cccc2c1. The van der Waals surface area contributed by atoms with Crippen LogP contribution in [-0.4, -0.2) is 23.6 Å². The molecule has 1 heterocycles. The Morgan fingerprint density at radius 1 is 1.15 bits per heavy atom. The van der Waals surface area contributed by atoms with Crippen LogP contribution in [0.1, 0.15) is 50.8 Å². The average molecular weight is 364 g/mol. The number of rotatable bonds is 3. The van der Waals surface area contributed by atoms with Crippen molar-refractivity contribution in [2.75, 3.05) is 6.54 Å². The standard InChI is InChI=1S/C20H23F3N2O/c1-12(2)13-8-9-15-14(10-13)6-5-7-16(15)17(20(21,22)23)25-11-19(3,4)18(26)24-25/h5-10,12,17H,11H2,1-4H3,(H,24,26)/t17-/m0/s1. The van der Waals surface area contributed by atoms with Crippen LogP contribution >= 0.6 is 0 Å². The van der Waals surface area contributed by atoms with E-state index in [-0.39, 0.29) is 12.1 Å². The fourth-order valence-electron chi connectivity index (χ4n) is 3.42. The first-order valence-corrected chi connectivity index (χ1v) is 8.68. The van der Waals surface area contributed by atoms with Crippen molar-refractivity contribution < 1.29 is 18.0 Å². The van der Waals surface area contributed by atoms with Crippen LogP contribution in [0.3, 0.4) is 0 Å². The largest absolute Gasteiger partial charge is 0.409 e. The number of carbonyl (C=O) groups excluding carboxylic acids is 1. The Bertz CT molecular complexity index is 843. The quantitative estimate of drug-likeness (QED) is 0.837. The molecule has 2 aromatic carbocycles. The molecule has 1 aliphatic heterocycles. The van der Waals surface area contributed by atoms with Gasteiger partial charge in [0.25, 0.3) is 0 Å². The van der Waals surface area contributed by atoms with E-state index in [1.165, 1.54) is 6.07 Å². The van der Waals surface area contributed by atoms with Gasteiger partial charge in [0.1, 0.15) is 0 Å². The highest BCUT2D eigenvalue weighted by molar-refractivity contribution is 5.87. The van der Waals surface area contributed by atoms with Crippen molar-refractivity contribution in [1.29, 1.82) is 0 Å². The minimum atomic E-state index is -4.52. The highest BCUT2D eigenvalue weighted by Crippen LogP contribution is 2.42. The molecule has 0 bridgehead atoms. The molecular weight excluding hydrogens is 341 g/mol. The van der Waals surface area contributed by atoms with Crippen molar-refractivity contribution in [2.24, 2.45) is 5.41 Å². The van der Waals surface area contributed by atoms with Gasteiger partial charge in [0.2, 0.25) is 5.91 Å². The summed E-state index contributed by atoms with van der Waals surface area (Å²) in [5, 5.41) is 2.35. The fourth-order valence-corrected chi connectivity index (χ4v) is 3.42. The van der Waals surface area contributed by atoms with E-state index < -0.39 is 23.5 Å². The van der Waals surface area contributed by atoms with Crippen molar-refractivity contribution in [1.82, 2.24) is 10.4 Å². The monoisotopic (exact) mass is 364 g/mol. The first-order valence-electron chi connectivity index (χ1n) is 8.68. The summed E-state index contributed by atoms with van der Waals surface area (Å²) in [5.74, 6) is -0.103. The van der Waals surface area contributed by atoms with Crippen LogP contribution in [0.15, 0.2) is 36.4 Å². The van der Waals surface area contributed by atoms with Crippen LogP contribution in [0.25, 0.3) is 10.8 Å². The van der Waals surface area contributed by atoms with E-state index in [1.807, 2.05) is 32.0 Å². The van der Waals surface area contributed by atoms with Crippen molar-refractivity contribution in [3.63, 3.8) is 0 Å². The maximum absolute atomic E-state index is 14.0. The minimum absolute atomic E-state index is 0.00350. The molecule has 0 aliphatic carbocycles. The molecule has 26 heavy (non-hydrogen) atoms. The van der Waals surface area contributed by atoms with E-state index in [0.717, 1.165) is 16.0 Å². The molecule has 1 saturated heterocycles. The summed E-state index contributed by atoms with van der Waals surface area (Å²) in [6.07, 6.45) is -4.52. The molecule has 0 aromatic heterocycles.